The number of nitrogens with one attached hydrogen (secondary N) is 2. The molecule has 0 bridgehead atoms. The largest absolute Gasteiger partial charge is 0.356 e. The van der Waals surface area contributed by atoms with Gasteiger partial charge in [-0.3, -0.25) is 9.78 Å². The number of amides is 1. The zero-order valence-corrected chi connectivity index (χ0v) is 10.7. The maximum Gasteiger partial charge on any atom is 0.220 e. The number of hydrogen-bond acceptors (Lipinski definition) is 3. The second-order valence-electron chi connectivity index (χ2n) is 4.79. The van der Waals surface area contributed by atoms with Gasteiger partial charge < -0.3 is 10.6 Å². The molecule has 1 amide bonds. The van der Waals surface area contributed by atoms with Crippen LogP contribution < -0.4 is 10.6 Å². The molecule has 0 aromatic carbocycles. The van der Waals surface area contributed by atoms with Gasteiger partial charge in [0.05, 0.1) is 0 Å². The van der Waals surface area contributed by atoms with Gasteiger partial charge in [0.1, 0.15) is 0 Å². The first kappa shape index (κ1) is 13.0. The smallest absolute Gasteiger partial charge is 0.220 e. The van der Waals surface area contributed by atoms with Crippen LogP contribution in [0.15, 0.2) is 24.5 Å². The van der Waals surface area contributed by atoms with Crippen LogP contribution in [0.2, 0.25) is 0 Å². The van der Waals surface area contributed by atoms with E-state index in [-0.39, 0.29) is 5.91 Å². The highest BCUT2D eigenvalue weighted by Crippen LogP contribution is 2.07. The predicted octanol–water partition coefficient (Wildman–Crippen LogP) is 1.27. The quantitative estimate of drug-likeness (QED) is 0.796. The van der Waals surface area contributed by atoms with Gasteiger partial charge in [0.2, 0.25) is 5.91 Å². The Morgan fingerprint density at radius 1 is 1.56 bits per heavy atom. The van der Waals surface area contributed by atoms with Crippen molar-refractivity contribution in [3.8, 4) is 0 Å². The molecule has 1 aromatic rings. The van der Waals surface area contributed by atoms with E-state index in [9.17, 15) is 4.79 Å². The van der Waals surface area contributed by atoms with E-state index in [1.807, 2.05) is 18.3 Å². The van der Waals surface area contributed by atoms with E-state index < -0.39 is 0 Å². The summed E-state index contributed by atoms with van der Waals surface area (Å²) < 4.78 is 0. The minimum absolute atomic E-state index is 0.136. The van der Waals surface area contributed by atoms with E-state index in [2.05, 4.69) is 15.6 Å². The van der Waals surface area contributed by atoms with Gasteiger partial charge in [-0.2, -0.15) is 0 Å². The van der Waals surface area contributed by atoms with E-state index in [0.717, 1.165) is 31.5 Å². The van der Waals surface area contributed by atoms with Crippen molar-refractivity contribution >= 4 is 5.91 Å². The molecule has 1 aliphatic heterocycles. The van der Waals surface area contributed by atoms with E-state index in [1.165, 1.54) is 12.8 Å². The summed E-state index contributed by atoms with van der Waals surface area (Å²) in [6, 6.07) is 4.51. The Morgan fingerprint density at radius 2 is 2.50 bits per heavy atom. The molecule has 2 heterocycles. The highest BCUT2D eigenvalue weighted by atomic mass is 16.1. The van der Waals surface area contributed by atoms with Crippen LogP contribution in [-0.4, -0.2) is 30.0 Å². The lowest BCUT2D eigenvalue weighted by molar-refractivity contribution is -0.121. The Kier molecular flexibility index (Phi) is 5.15. The van der Waals surface area contributed by atoms with Crippen molar-refractivity contribution < 1.29 is 4.79 Å². The van der Waals surface area contributed by atoms with E-state index >= 15 is 0 Å². The Morgan fingerprint density at radius 3 is 3.22 bits per heavy atom. The van der Waals surface area contributed by atoms with Gasteiger partial charge in [0, 0.05) is 31.4 Å². The molecule has 98 valence electrons. The van der Waals surface area contributed by atoms with Crippen molar-refractivity contribution in [1.82, 2.24) is 15.6 Å². The lowest BCUT2D eigenvalue weighted by Crippen LogP contribution is -2.30. The molecular formula is C14H21N3O. The first-order valence-electron chi connectivity index (χ1n) is 6.73. The fourth-order valence-corrected chi connectivity index (χ4v) is 2.28. The molecule has 4 heteroatoms. The molecule has 1 atom stereocenters. The summed E-state index contributed by atoms with van der Waals surface area (Å²) in [5.74, 6) is 0.136. The number of pyridine rings is 1. The molecule has 1 aromatic heterocycles. The van der Waals surface area contributed by atoms with Crippen LogP contribution >= 0.6 is 0 Å². The Bertz CT molecular complexity index is 361. The molecular weight excluding hydrogens is 226 g/mol. The Hall–Kier alpha value is -1.42. The average molecular weight is 247 g/mol. The monoisotopic (exact) mass is 247 g/mol. The second kappa shape index (κ2) is 7.11. The van der Waals surface area contributed by atoms with Crippen LogP contribution in [0, 0.1) is 0 Å². The molecule has 18 heavy (non-hydrogen) atoms. The summed E-state index contributed by atoms with van der Waals surface area (Å²) in [4.78, 5) is 15.7. The van der Waals surface area contributed by atoms with Crippen LogP contribution in [-0.2, 0) is 11.2 Å². The number of carbonyl (C=O) groups excluding carboxylic acids is 1. The van der Waals surface area contributed by atoms with E-state index in [4.69, 9.17) is 0 Å². The van der Waals surface area contributed by atoms with E-state index in [1.54, 1.807) is 6.20 Å². The molecule has 4 nitrogen and oxygen atoms in total. The van der Waals surface area contributed by atoms with Gasteiger partial charge in [-0.15, -0.1) is 0 Å². The van der Waals surface area contributed by atoms with Crippen molar-refractivity contribution in [3.05, 3.63) is 30.1 Å². The summed E-state index contributed by atoms with van der Waals surface area (Å²) in [6.07, 6.45) is 8.42. The third-order valence-electron chi connectivity index (χ3n) is 3.34. The SMILES string of the molecule is O=C(CCc1cccnc1)NCCC1CCCN1. The summed E-state index contributed by atoms with van der Waals surface area (Å²) in [6.45, 7) is 1.91. The maximum atomic E-state index is 11.6. The number of aromatic nitrogens is 1. The Balaban J connectivity index is 1.57. The van der Waals surface area contributed by atoms with Gasteiger partial charge in [-0.1, -0.05) is 6.07 Å². The van der Waals surface area contributed by atoms with Crippen LogP contribution in [0.1, 0.15) is 31.2 Å². The summed E-state index contributed by atoms with van der Waals surface area (Å²) >= 11 is 0. The molecule has 0 saturated carbocycles. The third-order valence-corrected chi connectivity index (χ3v) is 3.34. The number of carbonyl (C=O) groups is 1. The lowest BCUT2D eigenvalue weighted by atomic mass is 10.1. The minimum Gasteiger partial charge on any atom is -0.356 e. The predicted molar refractivity (Wildman–Crippen MR) is 71.2 cm³/mol. The first-order valence-corrected chi connectivity index (χ1v) is 6.73. The van der Waals surface area contributed by atoms with Gasteiger partial charge in [-0.25, -0.2) is 0 Å². The van der Waals surface area contributed by atoms with Crippen molar-refractivity contribution in [1.29, 1.82) is 0 Å². The molecule has 2 N–H and O–H groups in total. The molecule has 0 radical (unpaired) electrons. The van der Waals surface area contributed by atoms with Crippen molar-refractivity contribution in [2.45, 2.75) is 38.1 Å². The Labute approximate surface area is 108 Å². The first-order chi connectivity index (χ1) is 8.84. The average Bonchev–Trinajstić information content (AvgIpc) is 2.91. The number of hydrogen-bond donors (Lipinski definition) is 2. The second-order valence-corrected chi connectivity index (χ2v) is 4.79. The van der Waals surface area contributed by atoms with Gasteiger partial charge in [-0.05, 0) is 43.9 Å². The van der Waals surface area contributed by atoms with E-state index in [0.29, 0.717) is 12.5 Å². The topological polar surface area (TPSA) is 54.0 Å². The van der Waals surface area contributed by atoms with Crippen molar-refractivity contribution in [3.63, 3.8) is 0 Å². The summed E-state index contributed by atoms with van der Waals surface area (Å²) in [5.41, 5.74) is 1.12. The van der Waals surface area contributed by atoms with Crippen LogP contribution in [0.5, 0.6) is 0 Å². The van der Waals surface area contributed by atoms with Crippen molar-refractivity contribution in [2.75, 3.05) is 13.1 Å². The van der Waals surface area contributed by atoms with Crippen LogP contribution in [0.4, 0.5) is 0 Å². The molecule has 1 fully saturated rings. The third kappa shape index (κ3) is 4.45. The van der Waals surface area contributed by atoms with Crippen molar-refractivity contribution in [2.24, 2.45) is 0 Å². The molecule has 1 saturated heterocycles. The van der Waals surface area contributed by atoms with Gasteiger partial charge >= 0.3 is 0 Å². The standard InChI is InChI=1S/C14H21N3O/c18-14(6-5-12-3-1-8-15-11-12)17-10-7-13-4-2-9-16-13/h1,3,8,11,13,16H,2,4-7,9-10H2,(H,17,18). The van der Waals surface area contributed by atoms with Crippen LogP contribution in [0.25, 0.3) is 0 Å². The molecule has 0 aliphatic carbocycles. The van der Waals surface area contributed by atoms with Gasteiger partial charge in [0.15, 0.2) is 0 Å². The molecule has 1 aliphatic rings. The highest BCUT2D eigenvalue weighted by Gasteiger charge is 2.13. The normalized spacial score (nSPS) is 18.8. The number of aryl methyl sites for hydroxylation is 1. The molecule has 1 unspecified atom stereocenters. The summed E-state index contributed by atoms with van der Waals surface area (Å²) in [5, 5.41) is 6.41. The molecule has 2 rings (SSSR count). The fourth-order valence-electron chi connectivity index (χ4n) is 2.28. The van der Waals surface area contributed by atoms with Gasteiger partial charge in [0.25, 0.3) is 0 Å². The van der Waals surface area contributed by atoms with Crippen LogP contribution in [0.3, 0.4) is 0 Å². The fraction of sp³-hybridized carbons (Fsp3) is 0.571. The summed E-state index contributed by atoms with van der Waals surface area (Å²) in [7, 11) is 0. The zero-order chi connectivity index (χ0) is 12.6. The molecule has 0 spiro atoms. The zero-order valence-electron chi connectivity index (χ0n) is 10.7. The maximum absolute atomic E-state index is 11.6. The highest BCUT2D eigenvalue weighted by molar-refractivity contribution is 5.76. The lowest BCUT2D eigenvalue weighted by Gasteiger charge is -2.10. The minimum atomic E-state index is 0.136. The number of nitrogens with zero attached hydrogens (tertiary/aromatic N) is 1. The number of rotatable bonds is 6.